The number of carbonyl (C=O) groups excluding carboxylic acids is 1. The summed E-state index contributed by atoms with van der Waals surface area (Å²) in [5.74, 6) is -1.30. The van der Waals surface area contributed by atoms with Gasteiger partial charge in [0.15, 0.2) is 5.78 Å². The molecule has 0 aromatic carbocycles. The van der Waals surface area contributed by atoms with Gasteiger partial charge in [0.25, 0.3) is 0 Å². The minimum atomic E-state index is -1.36. The maximum absolute atomic E-state index is 11.7. The van der Waals surface area contributed by atoms with E-state index in [2.05, 4.69) is 6.92 Å². The van der Waals surface area contributed by atoms with Crippen LogP contribution in [0.4, 0.5) is 0 Å². The van der Waals surface area contributed by atoms with Gasteiger partial charge >= 0.3 is 0 Å². The number of hydrogen-bond donors (Lipinski definition) is 3. The molecule has 1 aliphatic rings. The Kier molecular flexibility index (Phi) is 6.25. The third-order valence-electron chi connectivity index (χ3n) is 3.31. The summed E-state index contributed by atoms with van der Waals surface area (Å²) >= 11 is 0. The van der Waals surface area contributed by atoms with Crippen molar-refractivity contribution in [3.8, 4) is 0 Å². The van der Waals surface area contributed by atoms with Crippen LogP contribution >= 0.6 is 0 Å². The molecule has 0 saturated heterocycles. The summed E-state index contributed by atoms with van der Waals surface area (Å²) in [6.07, 6.45) is 7.57. The molecule has 1 saturated carbocycles. The van der Waals surface area contributed by atoms with E-state index < -0.39 is 23.9 Å². The Labute approximate surface area is 108 Å². The average molecular weight is 254 g/mol. The quantitative estimate of drug-likeness (QED) is 0.635. The van der Waals surface area contributed by atoms with Crippen LogP contribution < -0.4 is 0 Å². The van der Waals surface area contributed by atoms with Gasteiger partial charge in [-0.25, -0.2) is 0 Å². The van der Waals surface area contributed by atoms with Gasteiger partial charge in [0.05, 0.1) is 12.7 Å². The van der Waals surface area contributed by atoms with Gasteiger partial charge in [-0.2, -0.15) is 0 Å². The molecule has 1 rings (SSSR count). The lowest BCUT2D eigenvalue weighted by atomic mass is 9.75. The molecular weight excluding hydrogens is 232 g/mol. The monoisotopic (exact) mass is 254 g/mol. The number of allylic oxidation sites excluding steroid dienone is 4. The van der Waals surface area contributed by atoms with E-state index in [9.17, 15) is 20.1 Å². The summed E-state index contributed by atoms with van der Waals surface area (Å²) < 4.78 is 0. The molecule has 3 N–H and O–H groups in total. The van der Waals surface area contributed by atoms with Gasteiger partial charge in [0.2, 0.25) is 0 Å². The molecule has 0 unspecified atom stereocenters. The van der Waals surface area contributed by atoms with Gasteiger partial charge in [0, 0.05) is 5.92 Å². The zero-order valence-corrected chi connectivity index (χ0v) is 10.7. The Hall–Kier alpha value is -0.970. The van der Waals surface area contributed by atoms with Crippen LogP contribution in [0.3, 0.4) is 0 Å². The Morgan fingerprint density at radius 1 is 1.33 bits per heavy atom. The fourth-order valence-electron chi connectivity index (χ4n) is 2.18. The summed E-state index contributed by atoms with van der Waals surface area (Å²) in [6, 6.07) is 0. The van der Waals surface area contributed by atoms with Crippen molar-refractivity contribution in [2.24, 2.45) is 11.8 Å². The lowest BCUT2D eigenvalue weighted by molar-refractivity contribution is -0.146. The average Bonchev–Trinajstić information content (AvgIpc) is 2.36. The summed E-state index contributed by atoms with van der Waals surface area (Å²) in [4.78, 5) is 11.7. The highest BCUT2D eigenvalue weighted by Crippen LogP contribution is 2.28. The van der Waals surface area contributed by atoms with Crippen LogP contribution in [0.5, 0.6) is 0 Å². The van der Waals surface area contributed by atoms with Crippen LogP contribution in [-0.2, 0) is 4.79 Å². The van der Waals surface area contributed by atoms with E-state index in [1.165, 1.54) is 0 Å². The topological polar surface area (TPSA) is 77.8 Å². The molecule has 4 atom stereocenters. The highest BCUT2D eigenvalue weighted by Gasteiger charge is 2.40. The summed E-state index contributed by atoms with van der Waals surface area (Å²) in [7, 11) is 0. The van der Waals surface area contributed by atoms with E-state index in [0.29, 0.717) is 6.42 Å². The minimum absolute atomic E-state index is 0.216. The first-order chi connectivity index (χ1) is 8.61. The number of ketones is 1. The van der Waals surface area contributed by atoms with Gasteiger partial charge in [-0.05, 0) is 18.8 Å². The Bertz CT molecular complexity index is 322. The van der Waals surface area contributed by atoms with Gasteiger partial charge < -0.3 is 15.3 Å². The zero-order valence-electron chi connectivity index (χ0n) is 10.7. The maximum Gasteiger partial charge on any atom is 0.169 e. The molecule has 0 bridgehead atoms. The molecule has 0 aromatic heterocycles. The number of hydrogen-bond acceptors (Lipinski definition) is 4. The fourth-order valence-corrected chi connectivity index (χ4v) is 2.18. The van der Waals surface area contributed by atoms with Crippen molar-refractivity contribution in [2.45, 2.75) is 38.4 Å². The van der Waals surface area contributed by atoms with Gasteiger partial charge in [-0.1, -0.05) is 37.6 Å². The van der Waals surface area contributed by atoms with E-state index in [-0.39, 0.29) is 12.5 Å². The number of aliphatic hydroxyl groups is 3. The van der Waals surface area contributed by atoms with Gasteiger partial charge in [-0.3, -0.25) is 4.79 Å². The SMILES string of the molecule is CCCC=CC=C[C@@H]1C[C@@H](O)[C@@H](O)C(=O)[C@H]1CO. The van der Waals surface area contributed by atoms with Crippen LogP contribution in [0.2, 0.25) is 0 Å². The van der Waals surface area contributed by atoms with Crippen LogP contribution in [0, 0.1) is 11.8 Å². The molecule has 0 heterocycles. The van der Waals surface area contributed by atoms with Crippen LogP contribution in [-0.4, -0.2) is 39.9 Å². The Morgan fingerprint density at radius 3 is 2.67 bits per heavy atom. The molecule has 1 fully saturated rings. The summed E-state index contributed by atoms with van der Waals surface area (Å²) in [5.41, 5.74) is 0. The Balaban J connectivity index is 2.65. The molecule has 4 nitrogen and oxygen atoms in total. The predicted molar refractivity (Wildman–Crippen MR) is 68.9 cm³/mol. The van der Waals surface area contributed by atoms with Crippen LogP contribution in [0.15, 0.2) is 24.3 Å². The van der Waals surface area contributed by atoms with Crippen molar-refractivity contribution >= 4 is 5.78 Å². The van der Waals surface area contributed by atoms with E-state index in [1.54, 1.807) is 0 Å². The second-order valence-corrected chi connectivity index (χ2v) is 4.70. The smallest absolute Gasteiger partial charge is 0.169 e. The number of Topliss-reactive ketones (excluding diaryl/α,β-unsaturated/α-hetero) is 1. The molecule has 1 aliphatic carbocycles. The number of rotatable bonds is 5. The molecule has 0 amide bonds. The lowest BCUT2D eigenvalue weighted by Gasteiger charge is -2.33. The molecule has 0 aliphatic heterocycles. The standard InChI is InChI=1S/C14H22O4/c1-2-3-4-5-6-7-10-8-12(16)14(18)13(17)11(10)9-15/h4-7,10-12,14-16,18H,2-3,8-9H2,1H3/t10-,11+,12-,14-/m1/s1. The van der Waals surface area contributed by atoms with Crippen molar-refractivity contribution < 1.29 is 20.1 Å². The van der Waals surface area contributed by atoms with Crippen LogP contribution in [0.25, 0.3) is 0 Å². The fraction of sp³-hybridized carbons (Fsp3) is 0.643. The molecule has 0 radical (unpaired) electrons. The van der Waals surface area contributed by atoms with Crippen molar-refractivity contribution in [3.05, 3.63) is 24.3 Å². The van der Waals surface area contributed by atoms with Crippen molar-refractivity contribution in [2.75, 3.05) is 6.61 Å². The first kappa shape index (κ1) is 15.1. The zero-order chi connectivity index (χ0) is 13.5. The molecule has 0 aromatic rings. The van der Waals surface area contributed by atoms with E-state index in [0.717, 1.165) is 12.8 Å². The lowest BCUT2D eigenvalue weighted by Crippen LogP contribution is -2.48. The molecule has 102 valence electrons. The predicted octanol–water partition coefficient (Wildman–Crippen LogP) is 0.818. The van der Waals surface area contributed by atoms with E-state index in [1.807, 2.05) is 24.3 Å². The molecule has 0 spiro atoms. The highest BCUT2D eigenvalue weighted by molar-refractivity contribution is 5.87. The number of carbonyl (C=O) groups is 1. The van der Waals surface area contributed by atoms with E-state index in [4.69, 9.17) is 0 Å². The number of aliphatic hydroxyl groups excluding tert-OH is 3. The minimum Gasteiger partial charge on any atom is -0.396 e. The second-order valence-electron chi connectivity index (χ2n) is 4.70. The summed E-state index contributed by atoms with van der Waals surface area (Å²) in [5, 5.41) is 28.2. The van der Waals surface area contributed by atoms with Gasteiger partial charge in [0.1, 0.15) is 6.10 Å². The number of unbranched alkanes of at least 4 members (excludes halogenated alkanes) is 1. The summed E-state index contributed by atoms with van der Waals surface area (Å²) in [6.45, 7) is 1.80. The second kappa shape index (κ2) is 7.46. The van der Waals surface area contributed by atoms with Crippen LogP contribution in [0.1, 0.15) is 26.2 Å². The normalized spacial score (nSPS) is 33.7. The first-order valence-electron chi connectivity index (χ1n) is 6.45. The third-order valence-corrected chi connectivity index (χ3v) is 3.31. The first-order valence-corrected chi connectivity index (χ1v) is 6.45. The van der Waals surface area contributed by atoms with Crippen molar-refractivity contribution in [1.29, 1.82) is 0 Å². The largest absolute Gasteiger partial charge is 0.396 e. The van der Waals surface area contributed by atoms with Crippen molar-refractivity contribution in [1.82, 2.24) is 0 Å². The molecule has 4 heteroatoms. The Morgan fingerprint density at radius 2 is 2.06 bits per heavy atom. The van der Waals surface area contributed by atoms with Gasteiger partial charge in [-0.15, -0.1) is 0 Å². The third kappa shape index (κ3) is 3.77. The molecular formula is C14H22O4. The molecule has 18 heavy (non-hydrogen) atoms. The maximum atomic E-state index is 11.7. The van der Waals surface area contributed by atoms with E-state index >= 15 is 0 Å². The highest BCUT2D eigenvalue weighted by atomic mass is 16.3. The van der Waals surface area contributed by atoms with Crippen molar-refractivity contribution in [3.63, 3.8) is 0 Å².